The zero-order chi connectivity index (χ0) is 18.8. The first-order valence-corrected chi connectivity index (χ1v) is 8.21. The van der Waals surface area contributed by atoms with Crippen LogP contribution in [0, 0.1) is 16.0 Å². The lowest BCUT2D eigenvalue weighted by Crippen LogP contribution is -2.49. The number of aliphatic carboxylic acids is 1. The second kappa shape index (κ2) is 6.95. The third-order valence-corrected chi connectivity index (χ3v) is 4.72. The molecule has 136 valence electrons. The van der Waals surface area contributed by atoms with E-state index in [1.165, 1.54) is 23.0 Å². The molecule has 0 aliphatic carbocycles. The maximum Gasteiger partial charge on any atom is 0.308 e. The number of carbonyl (C=O) groups excluding carboxylic acids is 1. The number of hydrogen-bond donors (Lipinski definition) is 1. The van der Waals surface area contributed by atoms with E-state index in [2.05, 4.69) is 5.10 Å². The molecule has 9 nitrogen and oxygen atoms in total. The number of carbonyl (C=O) groups is 2. The highest BCUT2D eigenvalue weighted by Crippen LogP contribution is 2.25. The Balaban J connectivity index is 1.79. The second-order valence-electron chi connectivity index (χ2n) is 6.27. The van der Waals surface area contributed by atoms with Gasteiger partial charge in [0, 0.05) is 30.9 Å². The molecular weight excluding hydrogens is 340 g/mol. The summed E-state index contributed by atoms with van der Waals surface area (Å²) < 4.78 is 1.46. The largest absolute Gasteiger partial charge is 0.481 e. The number of benzene rings is 1. The lowest BCUT2D eigenvalue weighted by molar-refractivity contribution is -0.384. The van der Waals surface area contributed by atoms with E-state index in [1.807, 2.05) is 0 Å². The first kappa shape index (κ1) is 17.6. The van der Waals surface area contributed by atoms with Crippen LogP contribution in [0.5, 0.6) is 0 Å². The molecule has 0 unspecified atom stereocenters. The highest BCUT2D eigenvalue weighted by atomic mass is 16.6. The van der Waals surface area contributed by atoms with E-state index in [4.69, 9.17) is 0 Å². The number of rotatable bonds is 4. The summed E-state index contributed by atoms with van der Waals surface area (Å²) in [7, 11) is 0. The molecule has 0 radical (unpaired) electrons. The van der Waals surface area contributed by atoms with Gasteiger partial charge in [0.1, 0.15) is 0 Å². The molecule has 1 amide bonds. The van der Waals surface area contributed by atoms with Crippen LogP contribution in [-0.4, -0.2) is 49.2 Å². The molecule has 1 N–H and O–H groups in total. The zero-order valence-corrected chi connectivity index (χ0v) is 14.1. The van der Waals surface area contributed by atoms with E-state index in [9.17, 15) is 24.8 Å². The van der Waals surface area contributed by atoms with Crippen LogP contribution in [-0.2, 0) is 4.79 Å². The number of nitrogens with zero attached hydrogens (tertiary/aromatic N) is 4. The number of carboxylic acids is 1. The van der Waals surface area contributed by atoms with Gasteiger partial charge < -0.3 is 10.0 Å². The van der Waals surface area contributed by atoms with E-state index in [0.717, 1.165) is 0 Å². The van der Waals surface area contributed by atoms with E-state index in [0.29, 0.717) is 30.6 Å². The minimum atomic E-state index is -0.892. The Hall–Kier alpha value is -3.23. The van der Waals surface area contributed by atoms with Gasteiger partial charge in [-0.1, -0.05) is 0 Å². The van der Waals surface area contributed by atoms with Crippen LogP contribution in [0.2, 0.25) is 0 Å². The number of piperidine rings is 1. The van der Waals surface area contributed by atoms with Gasteiger partial charge in [0.05, 0.1) is 28.3 Å². The van der Waals surface area contributed by atoms with E-state index < -0.39 is 22.9 Å². The predicted molar refractivity (Wildman–Crippen MR) is 91.1 cm³/mol. The van der Waals surface area contributed by atoms with Crippen molar-refractivity contribution in [1.82, 2.24) is 14.7 Å². The number of non-ortho nitro benzene ring substituents is 1. The number of aromatic nitrogens is 2. The Labute approximate surface area is 149 Å². The Kier molecular flexibility index (Phi) is 4.70. The Morgan fingerprint density at radius 1 is 1.31 bits per heavy atom. The number of amides is 1. The molecular formula is C17H18N4O5. The number of nitro groups is 1. The van der Waals surface area contributed by atoms with Gasteiger partial charge in [-0.15, -0.1) is 0 Å². The Morgan fingerprint density at radius 2 is 2.00 bits per heavy atom. The van der Waals surface area contributed by atoms with E-state index in [-0.39, 0.29) is 11.6 Å². The maximum absolute atomic E-state index is 12.8. The van der Waals surface area contributed by atoms with Crippen molar-refractivity contribution < 1.29 is 19.6 Å². The van der Waals surface area contributed by atoms with Gasteiger partial charge in [0.25, 0.3) is 11.6 Å². The first-order valence-electron chi connectivity index (χ1n) is 8.21. The quantitative estimate of drug-likeness (QED) is 0.660. The van der Waals surface area contributed by atoms with Gasteiger partial charge in [-0.25, -0.2) is 4.68 Å². The van der Waals surface area contributed by atoms with Gasteiger partial charge in [-0.3, -0.25) is 19.7 Å². The molecule has 2 heterocycles. The zero-order valence-electron chi connectivity index (χ0n) is 14.1. The van der Waals surface area contributed by atoms with Crippen LogP contribution < -0.4 is 0 Å². The van der Waals surface area contributed by atoms with Crippen LogP contribution in [0.15, 0.2) is 36.7 Å². The first-order chi connectivity index (χ1) is 12.4. The average molecular weight is 358 g/mol. The molecule has 26 heavy (non-hydrogen) atoms. The fourth-order valence-electron chi connectivity index (χ4n) is 3.23. The van der Waals surface area contributed by atoms with Crippen LogP contribution in [0.1, 0.15) is 30.1 Å². The van der Waals surface area contributed by atoms with Crippen LogP contribution in [0.3, 0.4) is 0 Å². The van der Waals surface area contributed by atoms with Crippen molar-refractivity contribution in [3.8, 4) is 5.69 Å². The lowest BCUT2D eigenvalue weighted by Gasteiger charge is -2.37. The predicted octanol–water partition coefficient (Wildman–Crippen LogP) is 2.11. The van der Waals surface area contributed by atoms with Gasteiger partial charge in [0.2, 0.25) is 0 Å². The minimum Gasteiger partial charge on any atom is -0.481 e. The molecule has 2 aromatic rings. The summed E-state index contributed by atoms with van der Waals surface area (Å²) in [6.45, 7) is 2.25. The monoisotopic (exact) mass is 358 g/mol. The van der Waals surface area contributed by atoms with Crippen LogP contribution >= 0.6 is 0 Å². The van der Waals surface area contributed by atoms with Gasteiger partial charge in [-0.2, -0.15) is 5.10 Å². The third kappa shape index (κ3) is 3.28. The number of hydrogen-bond acceptors (Lipinski definition) is 5. The van der Waals surface area contributed by atoms with Crippen molar-refractivity contribution in [2.24, 2.45) is 5.92 Å². The van der Waals surface area contributed by atoms with Crippen molar-refractivity contribution >= 4 is 17.6 Å². The summed E-state index contributed by atoms with van der Waals surface area (Å²) in [6.07, 6.45) is 4.16. The normalized spacial score (nSPS) is 20.0. The summed E-state index contributed by atoms with van der Waals surface area (Å²) in [6, 6.07) is 5.43. The second-order valence-corrected chi connectivity index (χ2v) is 6.27. The number of carboxylic acid groups (broad SMARTS) is 1. The highest BCUT2D eigenvalue weighted by molar-refractivity contribution is 5.94. The molecule has 0 bridgehead atoms. The van der Waals surface area contributed by atoms with E-state index in [1.54, 1.807) is 30.2 Å². The standard InChI is InChI=1S/C17H18N4O5/c1-11-15(17(23)24)3-2-8-19(11)16(22)12-9-18-20(10-12)13-4-6-14(7-5-13)21(25)26/h4-7,9-11,15H,2-3,8H2,1H3,(H,23,24)/t11-,15-/m1/s1. The van der Waals surface area contributed by atoms with Crippen molar-refractivity contribution in [3.05, 3.63) is 52.3 Å². The topological polar surface area (TPSA) is 119 Å². The molecule has 1 aliphatic rings. The van der Waals surface area contributed by atoms with Gasteiger partial charge >= 0.3 is 5.97 Å². The number of likely N-dealkylation sites (tertiary alicyclic amines) is 1. The fourth-order valence-corrected chi connectivity index (χ4v) is 3.23. The van der Waals surface area contributed by atoms with E-state index >= 15 is 0 Å². The summed E-state index contributed by atoms with van der Waals surface area (Å²) in [4.78, 5) is 35.9. The maximum atomic E-state index is 12.8. The molecule has 1 aromatic carbocycles. The summed E-state index contributed by atoms with van der Waals surface area (Å²) in [5.74, 6) is -1.73. The fraction of sp³-hybridized carbons (Fsp3) is 0.353. The molecule has 1 aromatic heterocycles. The molecule has 9 heteroatoms. The molecule has 0 saturated carbocycles. The van der Waals surface area contributed by atoms with Crippen LogP contribution in [0.25, 0.3) is 5.69 Å². The molecule has 1 fully saturated rings. The van der Waals surface area contributed by atoms with Gasteiger partial charge in [0.15, 0.2) is 0 Å². The molecule has 2 atom stereocenters. The molecule has 1 saturated heterocycles. The Morgan fingerprint density at radius 3 is 2.62 bits per heavy atom. The molecule has 0 spiro atoms. The Bertz CT molecular complexity index is 845. The third-order valence-electron chi connectivity index (χ3n) is 4.72. The highest BCUT2D eigenvalue weighted by Gasteiger charge is 2.35. The van der Waals surface area contributed by atoms with Gasteiger partial charge in [-0.05, 0) is 31.9 Å². The SMILES string of the molecule is C[C@@H]1[C@H](C(=O)O)CCCN1C(=O)c1cnn(-c2ccc([N+](=O)[O-])cc2)c1. The molecule has 1 aliphatic heterocycles. The van der Waals surface area contributed by atoms with Crippen molar-refractivity contribution in [1.29, 1.82) is 0 Å². The van der Waals surface area contributed by atoms with Crippen LogP contribution in [0.4, 0.5) is 5.69 Å². The molecule has 3 rings (SSSR count). The van der Waals surface area contributed by atoms with Crippen molar-refractivity contribution in [2.75, 3.05) is 6.54 Å². The lowest BCUT2D eigenvalue weighted by atomic mass is 9.90. The average Bonchev–Trinajstić information content (AvgIpc) is 3.11. The minimum absolute atomic E-state index is 0.0286. The van der Waals surface area contributed by atoms with Crippen molar-refractivity contribution in [2.45, 2.75) is 25.8 Å². The number of nitro benzene ring substituents is 1. The summed E-state index contributed by atoms with van der Waals surface area (Å²) in [5, 5.41) is 24.1. The smallest absolute Gasteiger partial charge is 0.308 e. The summed E-state index contributed by atoms with van der Waals surface area (Å²) >= 11 is 0. The summed E-state index contributed by atoms with van der Waals surface area (Å²) in [5.41, 5.74) is 0.907. The van der Waals surface area contributed by atoms with Crippen molar-refractivity contribution in [3.63, 3.8) is 0 Å².